The van der Waals surface area contributed by atoms with Crippen molar-refractivity contribution in [1.29, 1.82) is 0 Å². The van der Waals surface area contributed by atoms with Crippen molar-refractivity contribution in [2.45, 2.75) is 59.3 Å². The highest BCUT2D eigenvalue weighted by molar-refractivity contribution is 6.05. The molecule has 1 heterocycles. The molecule has 7 nitrogen and oxygen atoms in total. The second kappa shape index (κ2) is 13.6. The van der Waals surface area contributed by atoms with Gasteiger partial charge in [-0.1, -0.05) is 31.0 Å². The van der Waals surface area contributed by atoms with Gasteiger partial charge in [0.1, 0.15) is 5.75 Å². The number of amides is 2. The summed E-state index contributed by atoms with van der Waals surface area (Å²) in [5, 5.41) is 3.86. The number of hydrogen-bond acceptors (Lipinski definition) is 4. The summed E-state index contributed by atoms with van der Waals surface area (Å²) in [5.74, 6) is 0.696. The first kappa shape index (κ1) is 28.0. The molecule has 1 N–H and O–H groups in total. The van der Waals surface area contributed by atoms with Crippen molar-refractivity contribution in [3.05, 3.63) is 65.4 Å². The molecule has 0 aliphatic carbocycles. The third kappa shape index (κ3) is 7.00. The fourth-order valence-electron chi connectivity index (χ4n) is 4.72. The van der Waals surface area contributed by atoms with Crippen LogP contribution in [0.4, 0.5) is 0 Å². The van der Waals surface area contributed by atoms with Crippen LogP contribution in [0.1, 0.15) is 67.6 Å². The highest BCUT2D eigenvalue weighted by Gasteiger charge is 2.22. The van der Waals surface area contributed by atoms with E-state index in [1.54, 1.807) is 23.8 Å². The van der Waals surface area contributed by atoms with E-state index in [2.05, 4.69) is 5.32 Å². The molecule has 0 bridgehead atoms. The van der Waals surface area contributed by atoms with Crippen molar-refractivity contribution in [3.63, 3.8) is 0 Å². The second-order valence-corrected chi connectivity index (χ2v) is 9.21. The van der Waals surface area contributed by atoms with E-state index in [1.807, 2.05) is 62.1 Å². The number of hydrogen-bond donors (Lipinski definition) is 1. The van der Waals surface area contributed by atoms with Gasteiger partial charge in [-0.15, -0.1) is 0 Å². The Bertz CT molecular complexity index is 1210. The molecule has 1 aromatic heterocycles. The van der Waals surface area contributed by atoms with Gasteiger partial charge in [-0.3, -0.25) is 19.0 Å². The van der Waals surface area contributed by atoms with Gasteiger partial charge in [0.25, 0.3) is 5.91 Å². The number of aromatic nitrogens is 1. The molecule has 37 heavy (non-hydrogen) atoms. The van der Waals surface area contributed by atoms with Gasteiger partial charge in [-0.2, -0.15) is 0 Å². The molecular formula is C30H39N3O4. The van der Waals surface area contributed by atoms with Crippen LogP contribution in [0.3, 0.4) is 0 Å². The summed E-state index contributed by atoms with van der Waals surface area (Å²) < 4.78 is 7.10. The Kier molecular flexibility index (Phi) is 10.3. The van der Waals surface area contributed by atoms with Gasteiger partial charge in [0.05, 0.1) is 19.0 Å². The minimum atomic E-state index is -0.126. The van der Waals surface area contributed by atoms with Crippen LogP contribution < -0.4 is 10.1 Å². The van der Waals surface area contributed by atoms with Crippen LogP contribution in [-0.4, -0.2) is 53.9 Å². The molecule has 0 unspecified atom stereocenters. The van der Waals surface area contributed by atoms with Gasteiger partial charge >= 0.3 is 0 Å². The van der Waals surface area contributed by atoms with E-state index in [0.29, 0.717) is 24.3 Å². The van der Waals surface area contributed by atoms with E-state index in [4.69, 9.17) is 4.74 Å². The number of nitrogens with zero attached hydrogens (tertiary/aromatic N) is 2. The van der Waals surface area contributed by atoms with Crippen LogP contribution in [0.2, 0.25) is 0 Å². The summed E-state index contributed by atoms with van der Waals surface area (Å²) >= 11 is 0. The molecule has 0 radical (unpaired) electrons. The Balaban J connectivity index is 1.61. The molecule has 0 saturated carbocycles. The minimum Gasteiger partial charge on any atom is -0.497 e. The fraction of sp³-hybridized carbons (Fsp3) is 0.433. The third-order valence-corrected chi connectivity index (χ3v) is 6.86. The molecule has 3 rings (SSSR count). The summed E-state index contributed by atoms with van der Waals surface area (Å²) in [6.45, 7) is 7.99. The molecule has 0 saturated heterocycles. The van der Waals surface area contributed by atoms with Crippen LogP contribution >= 0.6 is 0 Å². The Morgan fingerprint density at radius 2 is 1.65 bits per heavy atom. The smallest absolute Gasteiger partial charge is 0.262 e. The molecule has 2 aromatic carbocycles. The monoisotopic (exact) mass is 505 g/mol. The van der Waals surface area contributed by atoms with Crippen molar-refractivity contribution in [3.8, 4) is 5.75 Å². The predicted octanol–water partition coefficient (Wildman–Crippen LogP) is 5.12. The minimum absolute atomic E-state index is 0.0751. The molecule has 0 aliphatic heterocycles. The van der Waals surface area contributed by atoms with Crippen LogP contribution in [-0.2, 0) is 16.0 Å². The van der Waals surface area contributed by atoms with E-state index in [9.17, 15) is 14.4 Å². The number of rotatable bonds is 13. The zero-order valence-corrected chi connectivity index (χ0v) is 22.5. The van der Waals surface area contributed by atoms with Gasteiger partial charge < -0.3 is 15.0 Å². The fourth-order valence-corrected chi connectivity index (χ4v) is 4.72. The number of ether oxygens (including phenoxy) is 1. The van der Waals surface area contributed by atoms with Crippen LogP contribution in [0.5, 0.6) is 5.75 Å². The van der Waals surface area contributed by atoms with Crippen molar-refractivity contribution >= 4 is 28.6 Å². The van der Waals surface area contributed by atoms with Crippen molar-refractivity contribution in [2.24, 2.45) is 0 Å². The summed E-state index contributed by atoms with van der Waals surface area (Å²) in [5.41, 5.74) is 2.93. The van der Waals surface area contributed by atoms with Crippen molar-refractivity contribution in [2.75, 3.05) is 26.7 Å². The lowest BCUT2D eigenvalue weighted by molar-refractivity contribution is -0.131. The number of unbranched alkanes of at least 4 members (excludes halogenated alkanes) is 3. The van der Waals surface area contributed by atoms with E-state index >= 15 is 0 Å². The van der Waals surface area contributed by atoms with Crippen LogP contribution in [0, 0.1) is 6.92 Å². The van der Waals surface area contributed by atoms with Gasteiger partial charge in [0.15, 0.2) is 0 Å². The van der Waals surface area contributed by atoms with E-state index in [0.717, 1.165) is 60.9 Å². The summed E-state index contributed by atoms with van der Waals surface area (Å²) in [6, 6.07) is 14.7. The molecule has 0 fully saturated rings. The molecule has 2 amide bonds. The molecule has 0 spiro atoms. The Labute approximate surface area is 219 Å². The number of methoxy groups -OCH3 is 1. The first-order valence-corrected chi connectivity index (χ1v) is 13.2. The largest absolute Gasteiger partial charge is 0.497 e. The highest BCUT2D eigenvalue weighted by atomic mass is 16.5. The molecule has 198 valence electrons. The normalized spacial score (nSPS) is 10.9. The Morgan fingerprint density at radius 1 is 0.946 bits per heavy atom. The topological polar surface area (TPSA) is 80.6 Å². The molecular weight excluding hydrogens is 466 g/mol. The first-order valence-electron chi connectivity index (χ1n) is 13.2. The Hall–Kier alpha value is -3.61. The van der Waals surface area contributed by atoms with Crippen LogP contribution in [0.25, 0.3) is 10.9 Å². The number of fused-ring (bicyclic) bond motifs is 1. The van der Waals surface area contributed by atoms with Crippen LogP contribution in [0.15, 0.2) is 48.5 Å². The Morgan fingerprint density at radius 3 is 2.32 bits per heavy atom. The van der Waals surface area contributed by atoms with E-state index in [1.165, 1.54) is 0 Å². The predicted molar refractivity (Wildman–Crippen MR) is 147 cm³/mol. The maximum Gasteiger partial charge on any atom is 0.262 e. The highest BCUT2D eigenvalue weighted by Crippen LogP contribution is 2.30. The maximum atomic E-state index is 13.4. The molecule has 3 aromatic rings. The lowest BCUT2D eigenvalue weighted by Crippen LogP contribution is -2.30. The third-order valence-electron chi connectivity index (χ3n) is 6.86. The lowest BCUT2D eigenvalue weighted by Gasteiger charge is -2.18. The molecule has 0 aliphatic rings. The van der Waals surface area contributed by atoms with E-state index < -0.39 is 0 Å². The number of nitrogens with one attached hydrogen (secondary N) is 1. The average Bonchev–Trinajstić information content (AvgIpc) is 3.18. The lowest BCUT2D eigenvalue weighted by atomic mass is 10.1. The standard InChI is InChI=1S/C30H39N3O4/c1-5-32(6-2)29(35)16-12-7-8-13-19-31-28(34)21-25-22(3)33(30(36)23-14-10-9-11-15-23)27-18-17-24(37-4)20-26(25)27/h9-11,14-15,17-18,20H,5-8,12-13,16,19,21H2,1-4H3,(H,31,34). The number of carbonyl (C=O) groups excluding carboxylic acids is 3. The maximum absolute atomic E-state index is 13.4. The SMILES string of the molecule is CCN(CC)C(=O)CCCCCCNC(=O)Cc1c(C)n(C(=O)c2ccccc2)c2ccc(OC)cc12. The quantitative estimate of drug-likeness (QED) is 0.327. The van der Waals surface area contributed by atoms with Gasteiger partial charge in [0, 0.05) is 42.7 Å². The molecule has 0 atom stereocenters. The average molecular weight is 506 g/mol. The van der Waals surface area contributed by atoms with E-state index in [-0.39, 0.29) is 24.1 Å². The second-order valence-electron chi connectivity index (χ2n) is 9.21. The number of benzene rings is 2. The van der Waals surface area contributed by atoms with Crippen molar-refractivity contribution < 1.29 is 19.1 Å². The summed E-state index contributed by atoms with van der Waals surface area (Å²) in [6.07, 6.45) is 4.45. The van der Waals surface area contributed by atoms with Gasteiger partial charge in [0.2, 0.25) is 11.8 Å². The van der Waals surface area contributed by atoms with Crippen molar-refractivity contribution in [1.82, 2.24) is 14.8 Å². The summed E-state index contributed by atoms with van der Waals surface area (Å²) in [7, 11) is 1.60. The van der Waals surface area contributed by atoms with Gasteiger partial charge in [-0.25, -0.2) is 0 Å². The zero-order chi connectivity index (χ0) is 26.8. The summed E-state index contributed by atoms with van der Waals surface area (Å²) in [4.78, 5) is 40.1. The first-order chi connectivity index (χ1) is 17.9. The zero-order valence-electron chi connectivity index (χ0n) is 22.5. The van der Waals surface area contributed by atoms with Gasteiger partial charge in [-0.05, 0) is 69.5 Å². The molecule has 7 heteroatoms. The number of carbonyl (C=O) groups is 3.